The predicted octanol–water partition coefficient (Wildman–Crippen LogP) is 1.27. The molecule has 0 aliphatic carbocycles. The van der Waals surface area contributed by atoms with E-state index in [4.69, 9.17) is 9.47 Å². The van der Waals surface area contributed by atoms with Gasteiger partial charge in [-0.05, 0) is 20.8 Å². The molecule has 0 unspecified atom stereocenters. The summed E-state index contributed by atoms with van der Waals surface area (Å²) >= 11 is 0. The molecule has 0 bridgehead atoms. The van der Waals surface area contributed by atoms with Crippen molar-refractivity contribution < 1.29 is 9.47 Å². The first-order valence-corrected chi connectivity index (χ1v) is 5.97. The number of hydrogen-bond acceptors (Lipinski definition) is 5. The molecule has 5 nitrogen and oxygen atoms in total. The van der Waals surface area contributed by atoms with Crippen molar-refractivity contribution in [1.29, 1.82) is 0 Å². The van der Waals surface area contributed by atoms with Crippen molar-refractivity contribution in [3.63, 3.8) is 0 Å². The SMILES string of the molecule is CCOC(CNCc1cnc(C)cn1)OCC. The molecule has 0 saturated heterocycles. The molecule has 17 heavy (non-hydrogen) atoms. The molecule has 1 rings (SSSR count). The Balaban J connectivity index is 2.27. The Bertz CT molecular complexity index is 297. The van der Waals surface area contributed by atoms with Gasteiger partial charge in [0.05, 0.1) is 11.4 Å². The Morgan fingerprint density at radius 1 is 1.18 bits per heavy atom. The minimum Gasteiger partial charge on any atom is -0.352 e. The zero-order valence-corrected chi connectivity index (χ0v) is 10.8. The molecular formula is C12H21N3O2. The molecule has 0 aliphatic rings. The van der Waals surface area contributed by atoms with Crippen molar-refractivity contribution in [3.05, 3.63) is 23.8 Å². The first-order chi connectivity index (χ1) is 8.26. The minimum absolute atomic E-state index is 0.191. The van der Waals surface area contributed by atoms with E-state index in [1.54, 1.807) is 12.4 Å². The van der Waals surface area contributed by atoms with Gasteiger partial charge < -0.3 is 14.8 Å². The molecule has 1 aromatic rings. The highest BCUT2D eigenvalue weighted by atomic mass is 16.7. The summed E-state index contributed by atoms with van der Waals surface area (Å²) in [6, 6.07) is 0. The van der Waals surface area contributed by atoms with Crippen molar-refractivity contribution in [2.45, 2.75) is 33.6 Å². The molecule has 1 heterocycles. The normalized spacial score (nSPS) is 11.1. The van der Waals surface area contributed by atoms with Gasteiger partial charge in [-0.3, -0.25) is 9.97 Å². The molecule has 0 fully saturated rings. The van der Waals surface area contributed by atoms with Crippen LogP contribution in [-0.2, 0) is 16.0 Å². The quantitative estimate of drug-likeness (QED) is 0.692. The molecule has 0 spiro atoms. The number of aromatic nitrogens is 2. The van der Waals surface area contributed by atoms with E-state index in [2.05, 4.69) is 15.3 Å². The number of nitrogens with one attached hydrogen (secondary N) is 1. The fraction of sp³-hybridized carbons (Fsp3) is 0.667. The lowest BCUT2D eigenvalue weighted by molar-refractivity contribution is -0.133. The topological polar surface area (TPSA) is 56.3 Å². The third-order valence-corrected chi connectivity index (χ3v) is 2.16. The first-order valence-electron chi connectivity index (χ1n) is 5.97. The Morgan fingerprint density at radius 3 is 2.41 bits per heavy atom. The van der Waals surface area contributed by atoms with Gasteiger partial charge >= 0.3 is 0 Å². The van der Waals surface area contributed by atoms with Crippen molar-refractivity contribution in [2.24, 2.45) is 0 Å². The van der Waals surface area contributed by atoms with Gasteiger partial charge in [0, 0.05) is 38.7 Å². The Morgan fingerprint density at radius 2 is 1.88 bits per heavy atom. The van der Waals surface area contributed by atoms with E-state index in [0.29, 0.717) is 26.3 Å². The maximum absolute atomic E-state index is 5.42. The molecule has 0 saturated carbocycles. The third kappa shape index (κ3) is 5.72. The van der Waals surface area contributed by atoms with Crippen LogP contribution in [0.5, 0.6) is 0 Å². The van der Waals surface area contributed by atoms with Crippen LogP contribution in [0.3, 0.4) is 0 Å². The first kappa shape index (κ1) is 14.0. The molecule has 0 amide bonds. The average Bonchev–Trinajstić information content (AvgIpc) is 2.32. The summed E-state index contributed by atoms with van der Waals surface area (Å²) in [5.74, 6) is 0. The van der Waals surface area contributed by atoms with E-state index in [9.17, 15) is 0 Å². The lowest BCUT2D eigenvalue weighted by Crippen LogP contribution is -2.31. The summed E-state index contributed by atoms with van der Waals surface area (Å²) in [6.45, 7) is 8.45. The number of nitrogens with zero attached hydrogens (tertiary/aromatic N) is 2. The van der Waals surface area contributed by atoms with Gasteiger partial charge in [-0.15, -0.1) is 0 Å². The van der Waals surface area contributed by atoms with E-state index in [-0.39, 0.29) is 6.29 Å². The van der Waals surface area contributed by atoms with E-state index in [0.717, 1.165) is 11.4 Å². The van der Waals surface area contributed by atoms with Gasteiger partial charge in [0.25, 0.3) is 0 Å². The van der Waals surface area contributed by atoms with Crippen LogP contribution < -0.4 is 5.32 Å². The third-order valence-electron chi connectivity index (χ3n) is 2.16. The lowest BCUT2D eigenvalue weighted by Gasteiger charge is -2.17. The summed E-state index contributed by atoms with van der Waals surface area (Å²) in [7, 11) is 0. The average molecular weight is 239 g/mol. The Hall–Kier alpha value is -1.04. The predicted molar refractivity (Wildman–Crippen MR) is 65.5 cm³/mol. The van der Waals surface area contributed by atoms with E-state index in [1.165, 1.54) is 0 Å². The molecule has 5 heteroatoms. The molecule has 0 aromatic carbocycles. The van der Waals surface area contributed by atoms with Crippen molar-refractivity contribution in [2.75, 3.05) is 19.8 Å². The van der Waals surface area contributed by atoms with Crippen LogP contribution in [0, 0.1) is 6.92 Å². The van der Waals surface area contributed by atoms with Crippen LogP contribution in [-0.4, -0.2) is 36.0 Å². The van der Waals surface area contributed by atoms with Gasteiger partial charge in [0.2, 0.25) is 0 Å². The van der Waals surface area contributed by atoms with Crippen LogP contribution in [0.2, 0.25) is 0 Å². The van der Waals surface area contributed by atoms with Gasteiger partial charge in [0.1, 0.15) is 0 Å². The Labute approximate surface area is 103 Å². The van der Waals surface area contributed by atoms with Crippen molar-refractivity contribution >= 4 is 0 Å². The van der Waals surface area contributed by atoms with Crippen LogP contribution >= 0.6 is 0 Å². The number of rotatable bonds is 8. The lowest BCUT2D eigenvalue weighted by atomic mass is 10.4. The number of ether oxygens (including phenoxy) is 2. The summed E-state index contributed by atoms with van der Waals surface area (Å²) in [5, 5.41) is 3.24. The largest absolute Gasteiger partial charge is 0.352 e. The van der Waals surface area contributed by atoms with Crippen molar-refractivity contribution in [1.82, 2.24) is 15.3 Å². The molecule has 1 N–H and O–H groups in total. The molecule has 0 radical (unpaired) electrons. The second-order valence-electron chi connectivity index (χ2n) is 3.62. The number of aryl methyl sites for hydroxylation is 1. The molecule has 0 aliphatic heterocycles. The standard InChI is InChI=1S/C12H21N3O2/c1-4-16-12(17-5-2)9-13-7-11-8-14-10(3)6-15-11/h6,8,12-13H,4-5,7,9H2,1-3H3. The van der Waals surface area contributed by atoms with E-state index < -0.39 is 0 Å². The zero-order chi connectivity index (χ0) is 12.5. The van der Waals surface area contributed by atoms with Crippen molar-refractivity contribution in [3.8, 4) is 0 Å². The van der Waals surface area contributed by atoms with Gasteiger partial charge in [-0.1, -0.05) is 0 Å². The van der Waals surface area contributed by atoms with Crippen LogP contribution in [0.25, 0.3) is 0 Å². The van der Waals surface area contributed by atoms with Crippen LogP contribution in [0.4, 0.5) is 0 Å². The highest BCUT2D eigenvalue weighted by Gasteiger charge is 2.06. The second kappa shape index (κ2) is 8.11. The van der Waals surface area contributed by atoms with E-state index in [1.807, 2.05) is 20.8 Å². The molecule has 1 aromatic heterocycles. The molecular weight excluding hydrogens is 218 g/mol. The highest BCUT2D eigenvalue weighted by molar-refractivity contribution is 5.00. The zero-order valence-electron chi connectivity index (χ0n) is 10.8. The summed E-state index contributed by atoms with van der Waals surface area (Å²) in [5.41, 5.74) is 1.85. The second-order valence-corrected chi connectivity index (χ2v) is 3.62. The Kier molecular flexibility index (Phi) is 6.69. The summed E-state index contributed by atoms with van der Waals surface area (Å²) in [6.07, 6.45) is 3.35. The highest BCUT2D eigenvalue weighted by Crippen LogP contribution is 1.96. The summed E-state index contributed by atoms with van der Waals surface area (Å²) < 4.78 is 10.8. The maximum atomic E-state index is 5.42. The van der Waals surface area contributed by atoms with Gasteiger partial charge in [-0.25, -0.2) is 0 Å². The van der Waals surface area contributed by atoms with E-state index >= 15 is 0 Å². The monoisotopic (exact) mass is 239 g/mol. The smallest absolute Gasteiger partial charge is 0.169 e. The minimum atomic E-state index is -0.191. The van der Waals surface area contributed by atoms with Crippen LogP contribution in [0.15, 0.2) is 12.4 Å². The van der Waals surface area contributed by atoms with Gasteiger partial charge in [-0.2, -0.15) is 0 Å². The maximum Gasteiger partial charge on any atom is 0.169 e. The fourth-order valence-electron chi connectivity index (χ4n) is 1.37. The molecule has 96 valence electrons. The fourth-order valence-corrected chi connectivity index (χ4v) is 1.37. The van der Waals surface area contributed by atoms with Crippen LogP contribution in [0.1, 0.15) is 25.2 Å². The van der Waals surface area contributed by atoms with Gasteiger partial charge in [0.15, 0.2) is 6.29 Å². The summed E-state index contributed by atoms with van der Waals surface area (Å²) in [4.78, 5) is 8.45. The number of hydrogen-bond donors (Lipinski definition) is 1. The molecule has 0 atom stereocenters.